The smallest absolute Gasteiger partial charge is 0.444 e. The Labute approximate surface area is 215 Å². The van der Waals surface area contributed by atoms with E-state index in [9.17, 15) is 33.7 Å². The van der Waals surface area contributed by atoms with Crippen LogP contribution in [0, 0.1) is 11.3 Å². The maximum atomic E-state index is 13.7. The maximum absolute atomic E-state index is 13.7. The molecule has 0 bridgehead atoms. The summed E-state index contributed by atoms with van der Waals surface area (Å²) in [7, 11) is -1.81. The van der Waals surface area contributed by atoms with Gasteiger partial charge in [-0.2, -0.15) is 5.26 Å². The summed E-state index contributed by atoms with van der Waals surface area (Å²) in [6, 6.07) is 10.9. The lowest BCUT2D eigenvalue weighted by molar-refractivity contribution is -0.129. The quantitative estimate of drug-likeness (QED) is 0.273. The lowest BCUT2D eigenvalue weighted by Gasteiger charge is -2.35. The summed E-state index contributed by atoms with van der Waals surface area (Å²) in [5, 5.41) is 31.5. The van der Waals surface area contributed by atoms with Crippen molar-refractivity contribution in [2.75, 3.05) is 26.2 Å². The predicted molar refractivity (Wildman–Crippen MR) is 132 cm³/mol. The van der Waals surface area contributed by atoms with E-state index >= 15 is 0 Å². The van der Waals surface area contributed by atoms with Gasteiger partial charge in [-0.1, -0.05) is 30.3 Å². The summed E-state index contributed by atoms with van der Waals surface area (Å²) in [5.74, 6) is -4.35. The van der Waals surface area contributed by atoms with Crippen LogP contribution in [-0.4, -0.2) is 88.7 Å². The van der Waals surface area contributed by atoms with Crippen molar-refractivity contribution in [3.8, 4) is 6.07 Å². The van der Waals surface area contributed by atoms with E-state index in [1.165, 1.54) is 11.0 Å². The number of hydrogen-bond acceptors (Lipinski definition) is 7. The van der Waals surface area contributed by atoms with Crippen LogP contribution >= 0.6 is 0 Å². The molecule has 2 amide bonds. The molecule has 12 heteroatoms. The van der Waals surface area contributed by atoms with Gasteiger partial charge < -0.3 is 25.0 Å². The van der Waals surface area contributed by atoms with Gasteiger partial charge in [0.2, 0.25) is 0 Å². The molecule has 2 heterocycles. The van der Waals surface area contributed by atoms with E-state index in [0.717, 1.165) is 5.56 Å². The molecule has 2 saturated heterocycles. The Morgan fingerprint density at radius 1 is 1.32 bits per heavy atom. The summed E-state index contributed by atoms with van der Waals surface area (Å²) in [6.07, 6.45) is 0.842. The molecule has 0 aliphatic carbocycles. The number of alkyl halides is 2. The zero-order valence-corrected chi connectivity index (χ0v) is 21.1. The van der Waals surface area contributed by atoms with Crippen LogP contribution in [0.4, 0.5) is 13.6 Å². The number of ether oxygens (including phenoxy) is 1. The number of hydrogen-bond donors (Lipinski definition) is 3. The first-order chi connectivity index (χ1) is 17.4. The fourth-order valence-corrected chi connectivity index (χ4v) is 4.64. The SMILES string of the molecule is CC(C)(C=C(C#N)C(=O)N1CCCC(OC(=O)NC(Cc2ccccc2)B(O)O)C1)N1CCC(F)(F)C1. The van der Waals surface area contributed by atoms with Crippen molar-refractivity contribution in [3.05, 3.63) is 47.5 Å². The highest BCUT2D eigenvalue weighted by atomic mass is 19.3. The number of carbonyl (C=O) groups excluding carboxylic acids is 2. The number of halogens is 2. The van der Waals surface area contributed by atoms with Gasteiger partial charge in [-0.05, 0) is 44.7 Å². The Morgan fingerprint density at radius 2 is 2.03 bits per heavy atom. The van der Waals surface area contributed by atoms with E-state index in [1.54, 1.807) is 43.0 Å². The Kier molecular flexibility index (Phi) is 9.28. The highest BCUT2D eigenvalue weighted by Crippen LogP contribution is 2.33. The van der Waals surface area contributed by atoms with Crippen LogP contribution < -0.4 is 5.32 Å². The molecule has 9 nitrogen and oxygen atoms in total. The fourth-order valence-electron chi connectivity index (χ4n) is 4.64. The van der Waals surface area contributed by atoms with Gasteiger partial charge in [0.05, 0.1) is 19.0 Å². The largest absolute Gasteiger partial charge is 0.475 e. The summed E-state index contributed by atoms with van der Waals surface area (Å²) >= 11 is 0. The molecule has 2 aliphatic heterocycles. The van der Waals surface area contributed by atoms with Crippen molar-refractivity contribution in [3.63, 3.8) is 0 Å². The first-order valence-electron chi connectivity index (χ1n) is 12.3. The highest BCUT2D eigenvalue weighted by molar-refractivity contribution is 6.43. The van der Waals surface area contributed by atoms with Gasteiger partial charge in [0.15, 0.2) is 0 Å². The minimum absolute atomic E-state index is 0.0541. The number of rotatable bonds is 8. The number of likely N-dealkylation sites (tertiary alicyclic amines) is 2. The van der Waals surface area contributed by atoms with Crippen LogP contribution in [0.3, 0.4) is 0 Å². The second-order valence-corrected chi connectivity index (χ2v) is 10.1. The molecule has 37 heavy (non-hydrogen) atoms. The van der Waals surface area contributed by atoms with E-state index in [4.69, 9.17) is 4.74 Å². The number of piperidine rings is 1. The van der Waals surface area contributed by atoms with Crippen molar-refractivity contribution in [1.29, 1.82) is 5.26 Å². The molecular weight excluding hydrogens is 485 g/mol. The number of carbonyl (C=O) groups is 2. The number of nitriles is 1. The minimum Gasteiger partial charge on any atom is -0.444 e. The van der Waals surface area contributed by atoms with Crippen LogP contribution in [0.1, 0.15) is 38.7 Å². The van der Waals surface area contributed by atoms with Crippen LogP contribution in [0.2, 0.25) is 0 Å². The van der Waals surface area contributed by atoms with Gasteiger partial charge in [0, 0.05) is 25.0 Å². The Bertz CT molecular complexity index is 1030. The van der Waals surface area contributed by atoms with Gasteiger partial charge >= 0.3 is 13.2 Å². The van der Waals surface area contributed by atoms with Crippen molar-refractivity contribution < 1.29 is 33.2 Å². The summed E-state index contributed by atoms with van der Waals surface area (Å²) in [5.41, 5.74) is -0.283. The molecule has 0 aromatic heterocycles. The number of alkyl carbamates (subject to hydrolysis) is 1. The van der Waals surface area contributed by atoms with Crippen molar-refractivity contribution >= 4 is 19.1 Å². The molecule has 0 spiro atoms. The minimum atomic E-state index is -2.80. The number of benzene rings is 1. The van der Waals surface area contributed by atoms with Crippen LogP contribution in [-0.2, 0) is 16.0 Å². The van der Waals surface area contributed by atoms with Crippen molar-refractivity contribution in [1.82, 2.24) is 15.1 Å². The van der Waals surface area contributed by atoms with Gasteiger partial charge in [-0.3, -0.25) is 9.69 Å². The van der Waals surface area contributed by atoms with Crippen molar-refractivity contribution in [2.45, 2.75) is 63.0 Å². The van der Waals surface area contributed by atoms with Crippen molar-refractivity contribution in [2.24, 2.45) is 0 Å². The molecule has 2 unspecified atom stereocenters. The van der Waals surface area contributed by atoms with Crippen LogP contribution in [0.15, 0.2) is 42.0 Å². The topological polar surface area (TPSA) is 126 Å². The molecule has 0 saturated carbocycles. The summed E-state index contributed by atoms with van der Waals surface area (Å²) in [4.78, 5) is 28.5. The van der Waals surface area contributed by atoms with Gasteiger partial charge in [0.25, 0.3) is 11.8 Å². The van der Waals surface area contributed by atoms with E-state index < -0.39 is 49.2 Å². The number of amides is 2. The second kappa shape index (κ2) is 12.0. The molecule has 2 fully saturated rings. The highest BCUT2D eigenvalue weighted by Gasteiger charge is 2.43. The van der Waals surface area contributed by atoms with Crippen LogP contribution in [0.5, 0.6) is 0 Å². The Balaban J connectivity index is 1.59. The predicted octanol–water partition coefficient (Wildman–Crippen LogP) is 1.90. The number of nitrogens with one attached hydrogen (secondary N) is 1. The molecule has 1 aromatic carbocycles. The third-order valence-electron chi connectivity index (χ3n) is 6.73. The number of nitrogens with zero attached hydrogens (tertiary/aromatic N) is 3. The lowest BCUT2D eigenvalue weighted by Crippen LogP contribution is -2.50. The molecule has 3 N–H and O–H groups in total. The molecule has 3 rings (SSSR count). The van der Waals surface area contributed by atoms with Gasteiger partial charge in [-0.25, -0.2) is 13.6 Å². The molecule has 0 radical (unpaired) electrons. The Morgan fingerprint density at radius 3 is 2.62 bits per heavy atom. The average Bonchev–Trinajstić information content (AvgIpc) is 3.23. The summed E-state index contributed by atoms with van der Waals surface area (Å²) in [6.45, 7) is 3.50. The second-order valence-electron chi connectivity index (χ2n) is 10.1. The Hall–Kier alpha value is -3.01. The zero-order chi connectivity index (χ0) is 27.2. The monoisotopic (exact) mass is 518 g/mol. The zero-order valence-electron chi connectivity index (χ0n) is 21.1. The van der Waals surface area contributed by atoms with E-state index in [1.807, 2.05) is 12.1 Å². The maximum Gasteiger partial charge on any atom is 0.475 e. The first-order valence-corrected chi connectivity index (χ1v) is 12.3. The molecule has 200 valence electrons. The normalized spacial score (nSPS) is 21.2. The van der Waals surface area contributed by atoms with Crippen LogP contribution in [0.25, 0.3) is 0 Å². The molecule has 2 aliphatic rings. The molecular formula is C25H33BF2N4O5. The fraction of sp³-hybridized carbons (Fsp3) is 0.560. The first kappa shape index (κ1) is 28.6. The third kappa shape index (κ3) is 7.99. The average molecular weight is 518 g/mol. The van der Waals surface area contributed by atoms with Gasteiger partial charge in [0.1, 0.15) is 17.7 Å². The third-order valence-corrected chi connectivity index (χ3v) is 6.73. The molecule has 2 atom stereocenters. The van der Waals surface area contributed by atoms with E-state index in [0.29, 0.717) is 19.4 Å². The van der Waals surface area contributed by atoms with E-state index in [2.05, 4.69) is 5.32 Å². The lowest BCUT2D eigenvalue weighted by atomic mass is 9.76. The standard InChI is InChI=1S/C25H33BF2N4O5/c1-24(2,32-12-10-25(27,28)17-32)14-19(15-29)22(33)31-11-6-9-20(16-31)37-23(34)30-21(26(35)36)13-18-7-4-3-5-8-18/h3-5,7-8,14,20-21,35-36H,6,9-13,16-17H2,1-2H3,(H,30,34). The van der Waals surface area contributed by atoms with E-state index in [-0.39, 0.29) is 31.5 Å². The molecule has 1 aromatic rings. The summed E-state index contributed by atoms with van der Waals surface area (Å²) < 4.78 is 32.8. The van der Waals surface area contributed by atoms with Gasteiger partial charge in [-0.15, -0.1) is 0 Å².